The van der Waals surface area contributed by atoms with Crippen molar-refractivity contribution >= 4 is 11.9 Å². The van der Waals surface area contributed by atoms with Crippen LogP contribution in [0.3, 0.4) is 0 Å². The highest BCUT2D eigenvalue weighted by Gasteiger charge is 2.50. The summed E-state index contributed by atoms with van der Waals surface area (Å²) in [4.78, 5) is 23.6. The van der Waals surface area contributed by atoms with Crippen molar-refractivity contribution in [3.63, 3.8) is 0 Å². The summed E-state index contributed by atoms with van der Waals surface area (Å²) in [5, 5.41) is 0. The van der Waals surface area contributed by atoms with Gasteiger partial charge in [0.05, 0.1) is 5.41 Å². The summed E-state index contributed by atoms with van der Waals surface area (Å²) < 4.78 is 10.6. The maximum absolute atomic E-state index is 12.0. The van der Waals surface area contributed by atoms with E-state index in [4.69, 9.17) is 9.47 Å². The summed E-state index contributed by atoms with van der Waals surface area (Å²) in [5.74, 6) is -0.575. The normalized spacial score (nSPS) is 32.2. The highest BCUT2D eigenvalue weighted by atomic mass is 16.6. The van der Waals surface area contributed by atoms with Gasteiger partial charge in [-0.3, -0.25) is 4.79 Å². The number of carbonyl (C=O) groups is 2. The molecule has 3 atom stereocenters. The minimum Gasteiger partial charge on any atom is -0.459 e. The van der Waals surface area contributed by atoms with Crippen molar-refractivity contribution in [1.29, 1.82) is 0 Å². The summed E-state index contributed by atoms with van der Waals surface area (Å²) in [6.07, 6.45) is 2.88. The minimum atomic E-state index is -0.666. The van der Waals surface area contributed by atoms with Crippen LogP contribution in [0, 0.1) is 11.3 Å². The van der Waals surface area contributed by atoms with Crippen molar-refractivity contribution in [2.45, 2.75) is 58.7 Å². The molecule has 1 saturated carbocycles. The summed E-state index contributed by atoms with van der Waals surface area (Å²) in [6.45, 7) is 5.61. The minimum absolute atomic E-state index is 0.0231. The van der Waals surface area contributed by atoms with Crippen molar-refractivity contribution in [3.05, 3.63) is 0 Å². The largest absolute Gasteiger partial charge is 0.459 e. The molecule has 1 aliphatic heterocycles. The zero-order valence-electron chi connectivity index (χ0n) is 10.7. The van der Waals surface area contributed by atoms with E-state index in [1.165, 1.54) is 0 Å². The number of esters is 2. The van der Waals surface area contributed by atoms with Gasteiger partial charge in [0.25, 0.3) is 0 Å². The molecule has 0 aromatic heterocycles. The summed E-state index contributed by atoms with van der Waals surface area (Å²) in [5.41, 5.74) is -0.531. The Morgan fingerprint density at radius 3 is 2.82 bits per heavy atom. The van der Waals surface area contributed by atoms with Gasteiger partial charge < -0.3 is 9.47 Å². The molecule has 0 amide bonds. The highest BCUT2D eigenvalue weighted by molar-refractivity contribution is 5.83. The highest BCUT2D eigenvalue weighted by Crippen LogP contribution is 2.39. The van der Waals surface area contributed by atoms with Crippen LogP contribution >= 0.6 is 0 Å². The van der Waals surface area contributed by atoms with E-state index in [0.717, 1.165) is 19.3 Å². The Kier molecular flexibility index (Phi) is 3.15. The predicted molar refractivity (Wildman–Crippen MR) is 61.2 cm³/mol. The van der Waals surface area contributed by atoms with E-state index >= 15 is 0 Å². The molecular weight excluding hydrogens is 220 g/mol. The standard InChI is InChI=1S/C13H20O4/c1-4-13(2,3)12(15)17-10-8-6-5-7-9(8)16-11(10)14/h8-10H,4-7H2,1-3H3/t8-,9?,10-/m0/s1. The number of fused-ring (bicyclic) bond motifs is 1. The van der Waals surface area contributed by atoms with Crippen LogP contribution in [0.1, 0.15) is 46.5 Å². The van der Waals surface area contributed by atoms with Gasteiger partial charge in [0.15, 0.2) is 0 Å². The van der Waals surface area contributed by atoms with Crippen LogP contribution < -0.4 is 0 Å². The first-order valence-electron chi connectivity index (χ1n) is 6.37. The summed E-state index contributed by atoms with van der Waals surface area (Å²) >= 11 is 0. The van der Waals surface area contributed by atoms with Crippen molar-refractivity contribution < 1.29 is 19.1 Å². The van der Waals surface area contributed by atoms with Crippen LogP contribution in [-0.4, -0.2) is 24.1 Å². The van der Waals surface area contributed by atoms with Crippen molar-refractivity contribution in [2.24, 2.45) is 11.3 Å². The number of rotatable bonds is 3. The average Bonchev–Trinajstić information content (AvgIpc) is 2.82. The van der Waals surface area contributed by atoms with Crippen LogP contribution in [0.5, 0.6) is 0 Å². The van der Waals surface area contributed by atoms with Gasteiger partial charge >= 0.3 is 11.9 Å². The second-order valence-electron chi connectivity index (χ2n) is 5.63. The van der Waals surface area contributed by atoms with Gasteiger partial charge in [-0.15, -0.1) is 0 Å². The lowest BCUT2D eigenvalue weighted by Crippen LogP contribution is -2.35. The fourth-order valence-electron chi connectivity index (χ4n) is 2.39. The third-order valence-corrected chi connectivity index (χ3v) is 4.06. The Balaban J connectivity index is 2.03. The van der Waals surface area contributed by atoms with Gasteiger partial charge in [0.1, 0.15) is 6.10 Å². The molecule has 1 saturated heterocycles. The van der Waals surface area contributed by atoms with Crippen LogP contribution in [0.2, 0.25) is 0 Å². The Morgan fingerprint density at radius 1 is 1.47 bits per heavy atom. The molecule has 17 heavy (non-hydrogen) atoms. The fourth-order valence-corrected chi connectivity index (χ4v) is 2.39. The monoisotopic (exact) mass is 240 g/mol. The van der Waals surface area contributed by atoms with Gasteiger partial charge in [0, 0.05) is 5.92 Å². The number of carbonyl (C=O) groups excluding carboxylic acids is 2. The first kappa shape index (κ1) is 12.4. The zero-order chi connectivity index (χ0) is 12.6. The Labute approximate surface area is 102 Å². The van der Waals surface area contributed by atoms with E-state index in [2.05, 4.69) is 0 Å². The van der Waals surface area contributed by atoms with E-state index in [1.807, 2.05) is 20.8 Å². The fraction of sp³-hybridized carbons (Fsp3) is 0.846. The van der Waals surface area contributed by atoms with Crippen LogP contribution in [0.25, 0.3) is 0 Å². The number of hydrogen-bond acceptors (Lipinski definition) is 4. The van der Waals surface area contributed by atoms with Gasteiger partial charge in [-0.2, -0.15) is 0 Å². The van der Waals surface area contributed by atoms with Gasteiger partial charge in [0.2, 0.25) is 6.10 Å². The first-order chi connectivity index (χ1) is 7.95. The van der Waals surface area contributed by atoms with Crippen LogP contribution in [0.4, 0.5) is 0 Å². The molecular formula is C13H20O4. The molecule has 2 fully saturated rings. The van der Waals surface area contributed by atoms with Gasteiger partial charge in [-0.05, 0) is 39.5 Å². The SMILES string of the molecule is CCC(C)(C)C(=O)O[C@@H]1C(=O)OC2CCC[C@@H]21. The molecule has 1 aliphatic carbocycles. The molecule has 2 rings (SSSR count). The summed E-state index contributed by atoms with van der Waals surface area (Å²) in [7, 11) is 0. The predicted octanol–water partition coefficient (Wildman–Crippen LogP) is 2.06. The maximum atomic E-state index is 12.0. The topological polar surface area (TPSA) is 52.6 Å². The van der Waals surface area contributed by atoms with Crippen molar-refractivity contribution in [1.82, 2.24) is 0 Å². The van der Waals surface area contributed by atoms with E-state index in [0.29, 0.717) is 6.42 Å². The van der Waals surface area contributed by atoms with Crippen LogP contribution in [0.15, 0.2) is 0 Å². The zero-order valence-corrected chi connectivity index (χ0v) is 10.7. The Morgan fingerprint density at radius 2 is 2.18 bits per heavy atom. The molecule has 4 heteroatoms. The smallest absolute Gasteiger partial charge is 0.348 e. The van der Waals surface area contributed by atoms with Crippen molar-refractivity contribution in [3.8, 4) is 0 Å². The van der Waals surface area contributed by atoms with E-state index in [1.54, 1.807) is 0 Å². The lowest BCUT2D eigenvalue weighted by molar-refractivity contribution is -0.169. The van der Waals surface area contributed by atoms with Gasteiger partial charge in [-0.25, -0.2) is 4.79 Å². The quantitative estimate of drug-likeness (QED) is 0.708. The van der Waals surface area contributed by atoms with E-state index < -0.39 is 11.5 Å². The third-order valence-electron chi connectivity index (χ3n) is 4.06. The Hall–Kier alpha value is -1.06. The van der Waals surface area contributed by atoms with Crippen LogP contribution in [-0.2, 0) is 19.1 Å². The van der Waals surface area contributed by atoms with E-state index in [-0.39, 0.29) is 24.0 Å². The average molecular weight is 240 g/mol. The second-order valence-corrected chi connectivity index (χ2v) is 5.63. The summed E-state index contributed by atoms with van der Waals surface area (Å²) in [6, 6.07) is 0. The molecule has 0 radical (unpaired) electrons. The lowest BCUT2D eigenvalue weighted by Gasteiger charge is -2.23. The molecule has 0 spiro atoms. The molecule has 0 bridgehead atoms. The molecule has 2 aliphatic rings. The molecule has 0 aromatic carbocycles. The van der Waals surface area contributed by atoms with Crippen molar-refractivity contribution in [2.75, 3.05) is 0 Å². The third kappa shape index (κ3) is 2.17. The van der Waals surface area contributed by atoms with E-state index in [9.17, 15) is 9.59 Å². The molecule has 4 nitrogen and oxygen atoms in total. The molecule has 96 valence electrons. The Bertz CT molecular complexity index is 334. The molecule has 1 unspecified atom stereocenters. The maximum Gasteiger partial charge on any atom is 0.348 e. The first-order valence-corrected chi connectivity index (χ1v) is 6.37. The lowest BCUT2D eigenvalue weighted by atomic mass is 9.90. The molecule has 0 N–H and O–H groups in total. The molecule has 1 heterocycles. The van der Waals surface area contributed by atoms with Gasteiger partial charge in [-0.1, -0.05) is 6.92 Å². The molecule has 0 aromatic rings. The second kappa shape index (κ2) is 4.31. The number of ether oxygens (including phenoxy) is 2. The number of hydrogen-bond donors (Lipinski definition) is 0.